The number of piperazine rings is 1. The Kier molecular flexibility index (Phi) is 4.06. The molecule has 0 radical (unpaired) electrons. The van der Waals surface area contributed by atoms with Crippen molar-refractivity contribution in [2.24, 2.45) is 0 Å². The molecule has 0 aromatic heterocycles. The Morgan fingerprint density at radius 1 is 1.29 bits per heavy atom. The lowest BCUT2D eigenvalue weighted by atomic mass is 10.1. The fourth-order valence-corrected chi connectivity index (χ4v) is 2.70. The normalized spacial score (nSPS) is 18.7. The average Bonchev–Trinajstić information content (AvgIpc) is 2.53. The van der Waals surface area contributed by atoms with Crippen LogP contribution >= 0.6 is 0 Å². The van der Waals surface area contributed by atoms with Crippen molar-refractivity contribution >= 4 is 16.7 Å². The topological polar surface area (TPSA) is 41.6 Å². The first-order chi connectivity index (χ1) is 10.2. The molecule has 110 valence electrons. The van der Waals surface area contributed by atoms with Crippen LogP contribution in [0.1, 0.15) is 6.92 Å². The van der Waals surface area contributed by atoms with Gasteiger partial charge in [0.05, 0.1) is 0 Å². The Morgan fingerprint density at radius 2 is 2.10 bits per heavy atom. The van der Waals surface area contributed by atoms with Gasteiger partial charge in [-0.3, -0.25) is 4.79 Å². The van der Waals surface area contributed by atoms with Crippen molar-refractivity contribution in [1.82, 2.24) is 10.2 Å². The van der Waals surface area contributed by atoms with Crippen LogP contribution in [0.3, 0.4) is 0 Å². The number of carbonyl (C=O) groups is 1. The van der Waals surface area contributed by atoms with Gasteiger partial charge in [-0.05, 0) is 29.8 Å². The Labute approximate surface area is 124 Å². The number of nitrogens with zero attached hydrogens (tertiary/aromatic N) is 1. The fourth-order valence-electron chi connectivity index (χ4n) is 2.70. The second-order valence-corrected chi connectivity index (χ2v) is 5.44. The third-order valence-electron chi connectivity index (χ3n) is 3.90. The van der Waals surface area contributed by atoms with Gasteiger partial charge in [-0.15, -0.1) is 0 Å². The largest absolute Gasteiger partial charge is 0.484 e. The van der Waals surface area contributed by atoms with Crippen LogP contribution in [0.2, 0.25) is 0 Å². The molecule has 4 heteroatoms. The summed E-state index contributed by atoms with van der Waals surface area (Å²) in [5, 5.41) is 5.57. The first kappa shape index (κ1) is 13.9. The van der Waals surface area contributed by atoms with E-state index in [9.17, 15) is 4.79 Å². The second-order valence-electron chi connectivity index (χ2n) is 5.44. The zero-order chi connectivity index (χ0) is 14.7. The molecule has 0 unspecified atom stereocenters. The van der Waals surface area contributed by atoms with Crippen molar-refractivity contribution in [2.75, 3.05) is 26.2 Å². The first-order valence-corrected chi connectivity index (χ1v) is 7.36. The lowest BCUT2D eigenvalue weighted by Gasteiger charge is -2.33. The molecule has 0 saturated carbocycles. The quantitative estimate of drug-likeness (QED) is 0.938. The Hall–Kier alpha value is -2.07. The molecule has 0 aliphatic carbocycles. The lowest BCUT2D eigenvalue weighted by Crippen LogP contribution is -2.53. The molecule has 0 spiro atoms. The van der Waals surface area contributed by atoms with Crippen LogP contribution in [0, 0.1) is 0 Å². The van der Waals surface area contributed by atoms with Gasteiger partial charge in [-0.25, -0.2) is 0 Å². The highest BCUT2D eigenvalue weighted by molar-refractivity contribution is 5.84. The third kappa shape index (κ3) is 3.16. The minimum atomic E-state index is 0.0529. The summed E-state index contributed by atoms with van der Waals surface area (Å²) in [5.41, 5.74) is 0. The highest BCUT2D eigenvalue weighted by Gasteiger charge is 2.23. The highest BCUT2D eigenvalue weighted by atomic mass is 16.5. The molecule has 0 bridgehead atoms. The van der Waals surface area contributed by atoms with E-state index in [4.69, 9.17) is 4.74 Å². The zero-order valence-corrected chi connectivity index (χ0v) is 12.2. The number of hydrogen-bond acceptors (Lipinski definition) is 3. The van der Waals surface area contributed by atoms with Gasteiger partial charge in [0, 0.05) is 25.7 Å². The first-order valence-electron chi connectivity index (χ1n) is 7.36. The molecule has 1 aliphatic rings. The van der Waals surface area contributed by atoms with Crippen LogP contribution in [-0.2, 0) is 4.79 Å². The molecule has 3 rings (SSSR count). The van der Waals surface area contributed by atoms with Crippen molar-refractivity contribution in [2.45, 2.75) is 13.0 Å². The molecule has 1 fully saturated rings. The summed E-state index contributed by atoms with van der Waals surface area (Å²) < 4.78 is 5.67. The van der Waals surface area contributed by atoms with Crippen molar-refractivity contribution < 1.29 is 9.53 Å². The predicted octanol–water partition coefficient (Wildman–Crippen LogP) is 2.04. The van der Waals surface area contributed by atoms with Crippen LogP contribution in [0.25, 0.3) is 10.8 Å². The van der Waals surface area contributed by atoms with E-state index in [-0.39, 0.29) is 18.6 Å². The van der Waals surface area contributed by atoms with Gasteiger partial charge < -0.3 is 15.0 Å². The van der Waals surface area contributed by atoms with Crippen LogP contribution in [-0.4, -0.2) is 43.1 Å². The van der Waals surface area contributed by atoms with Gasteiger partial charge in [-0.2, -0.15) is 0 Å². The van der Waals surface area contributed by atoms with Crippen molar-refractivity contribution in [3.63, 3.8) is 0 Å². The smallest absolute Gasteiger partial charge is 0.260 e. The number of hydrogen-bond donors (Lipinski definition) is 1. The van der Waals surface area contributed by atoms with Gasteiger partial charge in [0.15, 0.2) is 6.61 Å². The molecular formula is C17H20N2O2. The predicted molar refractivity (Wildman–Crippen MR) is 83.5 cm³/mol. The van der Waals surface area contributed by atoms with Crippen LogP contribution in [0.4, 0.5) is 0 Å². The number of rotatable bonds is 3. The Bertz CT molecular complexity index is 641. The number of fused-ring (bicyclic) bond motifs is 1. The molecule has 1 atom stereocenters. The van der Waals surface area contributed by atoms with E-state index in [1.165, 1.54) is 5.39 Å². The van der Waals surface area contributed by atoms with Crippen molar-refractivity contribution in [1.29, 1.82) is 0 Å². The summed E-state index contributed by atoms with van der Waals surface area (Å²) >= 11 is 0. The number of amides is 1. The maximum absolute atomic E-state index is 12.2. The van der Waals surface area contributed by atoms with E-state index in [0.29, 0.717) is 0 Å². The summed E-state index contributed by atoms with van der Waals surface area (Å²) in [4.78, 5) is 14.1. The minimum Gasteiger partial charge on any atom is -0.484 e. The zero-order valence-electron chi connectivity index (χ0n) is 12.2. The van der Waals surface area contributed by atoms with Gasteiger partial charge in [0.2, 0.25) is 0 Å². The lowest BCUT2D eigenvalue weighted by molar-refractivity contribution is -0.136. The van der Waals surface area contributed by atoms with E-state index in [1.54, 1.807) is 0 Å². The van der Waals surface area contributed by atoms with Gasteiger partial charge >= 0.3 is 0 Å². The molecule has 1 N–H and O–H groups in total. The van der Waals surface area contributed by atoms with E-state index < -0.39 is 0 Å². The Morgan fingerprint density at radius 3 is 2.90 bits per heavy atom. The maximum Gasteiger partial charge on any atom is 0.260 e. The van der Waals surface area contributed by atoms with Crippen LogP contribution in [0.5, 0.6) is 5.75 Å². The summed E-state index contributed by atoms with van der Waals surface area (Å²) in [6, 6.07) is 14.3. The molecule has 1 amide bonds. The van der Waals surface area contributed by atoms with Gasteiger partial charge in [0.25, 0.3) is 5.91 Å². The fraction of sp³-hybridized carbons (Fsp3) is 0.353. The summed E-state index contributed by atoms with van der Waals surface area (Å²) in [6.07, 6.45) is 0. The summed E-state index contributed by atoms with van der Waals surface area (Å²) in [5.74, 6) is 0.794. The van der Waals surface area contributed by atoms with Crippen LogP contribution in [0.15, 0.2) is 42.5 Å². The minimum absolute atomic E-state index is 0.0529. The monoisotopic (exact) mass is 284 g/mol. The number of benzene rings is 2. The van der Waals surface area contributed by atoms with E-state index in [2.05, 4.69) is 18.3 Å². The van der Waals surface area contributed by atoms with E-state index >= 15 is 0 Å². The number of carbonyl (C=O) groups excluding carboxylic acids is 1. The van der Waals surface area contributed by atoms with Gasteiger partial charge in [0.1, 0.15) is 5.75 Å². The third-order valence-corrected chi connectivity index (χ3v) is 3.90. The van der Waals surface area contributed by atoms with E-state index in [0.717, 1.165) is 30.8 Å². The molecule has 1 aliphatic heterocycles. The summed E-state index contributed by atoms with van der Waals surface area (Å²) in [7, 11) is 0. The number of nitrogens with one attached hydrogen (secondary N) is 1. The molecular weight excluding hydrogens is 264 g/mol. The molecule has 4 nitrogen and oxygen atoms in total. The highest BCUT2D eigenvalue weighted by Crippen LogP contribution is 2.20. The van der Waals surface area contributed by atoms with Crippen molar-refractivity contribution in [3.05, 3.63) is 42.5 Å². The number of ether oxygens (including phenoxy) is 1. The maximum atomic E-state index is 12.2. The van der Waals surface area contributed by atoms with E-state index in [1.807, 2.05) is 41.3 Å². The SMILES string of the molecule is C[C@@H]1CNCCN1C(=O)COc1ccc2ccccc2c1. The molecule has 2 aromatic rings. The molecule has 2 aromatic carbocycles. The second kappa shape index (κ2) is 6.14. The standard InChI is InChI=1S/C17H20N2O2/c1-13-11-18-8-9-19(13)17(20)12-21-16-7-6-14-4-2-3-5-15(14)10-16/h2-7,10,13,18H,8-9,11-12H2,1H3/t13-/m1/s1. The summed E-state index contributed by atoms with van der Waals surface area (Å²) in [6.45, 7) is 4.61. The average molecular weight is 284 g/mol. The van der Waals surface area contributed by atoms with Crippen molar-refractivity contribution in [3.8, 4) is 5.75 Å². The van der Waals surface area contributed by atoms with Gasteiger partial charge in [-0.1, -0.05) is 30.3 Å². The molecule has 1 saturated heterocycles. The Balaban J connectivity index is 1.64. The molecule has 1 heterocycles. The van der Waals surface area contributed by atoms with Crippen LogP contribution < -0.4 is 10.1 Å². The molecule has 21 heavy (non-hydrogen) atoms.